The largest absolute Gasteiger partial charge is 0.324 e. The van der Waals surface area contributed by atoms with E-state index in [-0.39, 0.29) is 16.2 Å². The maximum absolute atomic E-state index is 13.5. The second kappa shape index (κ2) is 9.19. The van der Waals surface area contributed by atoms with Crippen molar-refractivity contribution in [2.24, 2.45) is 17.8 Å². The van der Waals surface area contributed by atoms with E-state index in [0.29, 0.717) is 24.8 Å². The number of nitrogens with zero attached hydrogens (tertiary/aromatic N) is 1. The number of hydrogen-bond donors (Lipinski definition) is 1. The lowest BCUT2D eigenvalue weighted by Gasteiger charge is -2.57. The van der Waals surface area contributed by atoms with E-state index in [0.717, 1.165) is 34.6 Å². The molecule has 7 rings (SSSR count). The Morgan fingerprint density at radius 1 is 0.947 bits per heavy atom. The first-order chi connectivity index (χ1) is 17.9. The van der Waals surface area contributed by atoms with E-state index in [1.807, 2.05) is 12.1 Å². The van der Waals surface area contributed by atoms with Crippen LogP contribution < -0.4 is 5.32 Å². The highest BCUT2D eigenvalue weighted by molar-refractivity contribution is 7.89. The van der Waals surface area contributed by atoms with Gasteiger partial charge in [0.1, 0.15) is 6.04 Å². The molecule has 4 saturated carbocycles. The number of anilines is 1. The molecule has 6 heteroatoms. The normalized spacial score (nSPS) is 31.1. The van der Waals surface area contributed by atoms with E-state index in [1.165, 1.54) is 48.4 Å². The van der Waals surface area contributed by atoms with Crippen LogP contribution in [0.3, 0.4) is 0 Å². The van der Waals surface area contributed by atoms with Crippen LogP contribution in [0.2, 0.25) is 0 Å². The molecule has 2 aromatic rings. The topological polar surface area (TPSA) is 66.5 Å². The van der Waals surface area contributed by atoms with E-state index in [2.05, 4.69) is 51.2 Å². The Morgan fingerprint density at radius 3 is 2.11 bits per heavy atom. The molecule has 0 aromatic heterocycles. The van der Waals surface area contributed by atoms with Crippen LogP contribution in [0.1, 0.15) is 88.8 Å². The number of aryl methyl sites for hydroxylation is 1. The number of rotatable bonds is 5. The van der Waals surface area contributed by atoms with Gasteiger partial charge < -0.3 is 5.32 Å². The molecule has 204 valence electrons. The van der Waals surface area contributed by atoms with Crippen LogP contribution in [-0.2, 0) is 25.6 Å². The number of amides is 1. The lowest BCUT2D eigenvalue weighted by Crippen LogP contribution is -2.48. The Labute approximate surface area is 228 Å². The van der Waals surface area contributed by atoms with Crippen LogP contribution >= 0.6 is 0 Å². The Kier molecular flexibility index (Phi) is 6.31. The molecule has 1 amide bonds. The van der Waals surface area contributed by atoms with Gasteiger partial charge in [-0.1, -0.05) is 45.0 Å². The fourth-order valence-corrected chi connectivity index (χ4v) is 10.0. The Balaban J connectivity index is 1.18. The van der Waals surface area contributed by atoms with Gasteiger partial charge in [-0.2, -0.15) is 4.31 Å². The molecule has 5 nitrogen and oxygen atoms in total. The molecular formula is C32H42N2O3S. The number of sulfonamides is 1. The second-order valence-electron chi connectivity index (χ2n) is 13.8. The third kappa shape index (κ3) is 4.52. The average molecular weight is 535 g/mol. The highest BCUT2D eigenvalue weighted by atomic mass is 32.2. The van der Waals surface area contributed by atoms with Crippen molar-refractivity contribution >= 4 is 21.6 Å². The Bertz CT molecular complexity index is 1300. The van der Waals surface area contributed by atoms with Crippen molar-refractivity contribution in [1.29, 1.82) is 0 Å². The highest BCUT2D eigenvalue weighted by Gasteiger charge is 2.51. The molecular weight excluding hydrogens is 492 g/mol. The van der Waals surface area contributed by atoms with Crippen LogP contribution in [0.15, 0.2) is 47.4 Å². The molecule has 0 radical (unpaired) electrons. The van der Waals surface area contributed by atoms with Crippen molar-refractivity contribution in [1.82, 2.24) is 4.31 Å². The molecule has 1 heterocycles. The maximum atomic E-state index is 13.5. The van der Waals surface area contributed by atoms with E-state index >= 15 is 0 Å². The third-order valence-corrected chi connectivity index (χ3v) is 11.9. The second-order valence-corrected chi connectivity index (χ2v) is 15.7. The monoisotopic (exact) mass is 534 g/mol. The van der Waals surface area contributed by atoms with Gasteiger partial charge >= 0.3 is 0 Å². The van der Waals surface area contributed by atoms with Gasteiger partial charge in [0.25, 0.3) is 0 Å². The smallest absolute Gasteiger partial charge is 0.243 e. The van der Waals surface area contributed by atoms with Crippen LogP contribution in [0, 0.1) is 24.7 Å². The maximum Gasteiger partial charge on any atom is 0.243 e. The van der Waals surface area contributed by atoms with Crippen molar-refractivity contribution < 1.29 is 13.2 Å². The predicted molar refractivity (Wildman–Crippen MR) is 152 cm³/mol. The summed E-state index contributed by atoms with van der Waals surface area (Å²) in [7, 11) is -3.76. The third-order valence-electron chi connectivity index (χ3n) is 9.97. The highest BCUT2D eigenvalue weighted by Crippen LogP contribution is 2.60. The molecule has 2 aromatic carbocycles. The van der Waals surface area contributed by atoms with E-state index in [1.54, 1.807) is 12.1 Å². The summed E-state index contributed by atoms with van der Waals surface area (Å²) in [5.41, 5.74) is 4.65. The Morgan fingerprint density at radius 2 is 1.55 bits per heavy atom. The minimum Gasteiger partial charge on any atom is -0.324 e. The summed E-state index contributed by atoms with van der Waals surface area (Å²) in [6, 6.07) is 13.0. The van der Waals surface area contributed by atoms with Crippen molar-refractivity contribution in [3.63, 3.8) is 0 Å². The number of hydrogen-bond acceptors (Lipinski definition) is 3. The molecule has 1 saturated heterocycles. The number of nitrogens with one attached hydrogen (secondary N) is 1. The molecule has 5 fully saturated rings. The minimum absolute atomic E-state index is 0.0541. The summed E-state index contributed by atoms with van der Waals surface area (Å²) in [5, 5.41) is 3.09. The standard InChI is InChI=1S/C32H42N2O3S/c1-21-14-26(32-18-22-15-23(19-32)17-24(16-22)20-32)9-12-28(21)33-30(35)29-6-5-13-34(29)38(36,37)27-10-7-25(8-11-27)31(2,3)4/h7-12,14,22-24,29H,5-6,13,15-20H2,1-4H3,(H,33,35). The first-order valence-electron chi connectivity index (χ1n) is 14.5. The molecule has 1 N–H and O–H groups in total. The number of carbonyl (C=O) groups is 1. The predicted octanol–water partition coefficient (Wildman–Crippen LogP) is 6.55. The van der Waals surface area contributed by atoms with Crippen molar-refractivity contribution in [2.75, 3.05) is 11.9 Å². The van der Waals surface area contributed by atoms with Gasteiger partial charge in [0.15, 0.2) is 0 Å². The summed E-state index contributed by atoms with van der Waals surface area (Å²) in [6.07, 6.45) is 9.44. The van der Waals surface area contributed by atoms with Crippen LogP contribution in [0.5, 0.6) is 0 Å². The van der Waals surface area contributed by atoms with Crippen LogP contribution in [0.4, 0.5) is 5.69 Å². The number of benzene rings is 2. The SMILES string of the molecule is Cc1cc(C23CC4CC(CC(C4)C2)C3)ccc1NC(=O)C1CCCN1S(=O)(=O)c1ccc(C(C)(C)C)cc1. The molecule has 5 aliphatic rings. The fourth-order valence-electron chi connectivity index (χ4n) is 8.37. The van der Waals surface area contributed by atoms with E-state index in [9.17, 15) is 13.2 Å². The number of carbonyl (C=O) groups excluding carboxylic acids is 1. The first kappa shape index (κ1) is 26.1. The summed E-state index contributed by atoms with van der Waals surface area (Å²) in [5.74, 6) is 2.44. The van der Waals surface area contributed by atoms with Gasteiger partial charge in [-0.25, -0.2) is 8.42 Å². The molecule has 4 aliphatic carbocycles. The van der Waals surface area contributed by atoms with Gasteiger partial charge in [0, 0.05) is 12.2 Å². The first-order valence-corrected chi connectivity index (χ1v) is 15.9. The Hall–Kier alpha value is -2.18. The van der Waals surface area contributed by atoms with Gasteiger partial charge in [-0.3, -0.25) is 4.79 Å². The van der Waals surface area contributed by atoms with Crippen molar-refractivity contribution in [3.05, 3.63) is 59.2 Å². The van der Waals surface area contributed by atoms with Gasteiger partial charge in [0.05, 0.1) is 4.90 Å². The fraction of sp³-hybridized carbons (Fsp3) is 0.594. The van der Waals surface area contributed by atoms with Crippen molar-refractivity contribution in [3.8, 4) is 0 Å². The molecule has 1 aliphatic heterocycles. The van der Waals surface area contributed by atoms with Crippen LogP contribution in [-0.4, -0.2) is 31.2 Å². The zero-order valence-electron chi connectivity index (χ0n) is 23.3. The van der Waals surface area contributed by atoms with E-state index < -0.39 is 16.1 Å². The average Bonchev–Trinajstić information content (AvgIpc) is 3.35. The molecule has 1 atom stereocenters. The zero-order valence-corrected chi connectivity index (χ0v) is 24.1. The lowest BCUT2D eigenvalue weighted by molar-refractivity contribution is -0.119. The van der Waals surface area contributed by atoms with Crippen molar-refractivity contribution in [2.45, 2.75) is 101 Å². The van der Waals surface area contributed by atoms with Gasteiger partial charge in [0.2, 0.25) is 15.9 Å². The molecule has 0 spiro atoms. The van der Waals surface area contributed by atoms with Gasteiger partial charge in [-0.15, -0.1) is 0 Å². The summed E-state index contributed by atoms with van der Waals surface area (Å²) in [6.45, 7) is 8.75. The molecule has 38 heavy (non-hydrogen) atoms. The summed E-state index contributed by atoms with van der Waals surface area (Å²) < 4.78 is 28.4. The summed E-state index contributed by atoms with van der Waals surface area (Å²) >= 11 is 0. The van der Waals surface area contributed by atoms with Crippen LogP contribution in [0.25, 0.3) is 0 Å². The summed E-state index contributed by atoms with van der Waals surface area (Å²) in [4.78, 5) is 13.7. The lowest BCUT2D eigenvalue weighted by atomic mass is 9.48. The molecule has 1 unspecified atom stereocenters. The quantitative estimate of drug-likeness (QED) is 0.473. The minimum atomic E-state index is -3.76. The molecule has 4 bridgehead atoms. The zero-order chi connectivity index (χ0) is 26.9. The van der Waals surface area contributed by atoms with Gasteiger partial charge in [-0.05, 0) is 122 Å². The van der Waals surface area contributed by atoms with E-state index in [4.69, 9.17) is 0 Å².